The topological polar surface area (TPSA) is 21.3 Å². The second-order valence-electron chi connectivity index (χ2n) is 5.00. The van der Waals surface area contributed by atoms with Crippen molar-refractivity contribution in [1.82, 2.24) is 5.32 Å². The second-order valence-corrected chi connectivity index (χ2v) is 5.92. The molecule has 0 radical (unpaired) electrons. The highest BCUT2D eigenvalue weighted by molar-refractivity contribution is 9.10. The van der Waals surface area contributed by atoms with Gasteiger partial charge in [-0.3, -0.25) is 0 Å². The first-order valence-corrected chi connectivity index (χ1v) is 7.48. The summed E-state index contributed by atoms with van der Waals surface area (Å²) < 4.78 is 7.20. The summed E-state index contributed by atoms with van der Waals surface area (Å²) in [6.45, 7) is 9.50. The van der Waals surface area contributed by atoms with Gasteiger partial charge in [0.25, 0.3) is 0 Å². The van der Waals surface area contributed by atoms with Crippen LogP contribution >= 0.6 is 15.9 Å². The molecule has 0 saturated heterocycles. The first kappa shape index (κ1) is 15.5. The number of halogens is 1. The Labute approximate surface area is 119 Å². The van der Waals surface area contributed by atoms with Crippen LogP contribution in [0.2, 0.25) is 0 Å². The van der Waals surface area contributed by atoms with Crippen LogP contribution in [-0.2, 0) is 0 Å². The van der Waals surface area contributed by atoms with Gasteiger partial charge in [0.2, 0.25) is 0 Å². The van der Waals surface area contributed by atoms with Gasteiger partial charge in [-0.2, -0.15) is 0 Å². The molecule has 1 atom stereocenters. The van der Waals surface area contributed by atoms with Crippen molar-refractivity contribution in [3.63, 3.8) is 0 Å². The highest BCUT2D eigenvalue weighted by atomic mass is 79.9. The van der Waals surface area contributed by atoms with Crippen LogP contribution in [0.3, 0.4) is 0 Å². The third kappa shape index (κ3) is 5.40. The van der Waals surface area contributed by atoms with Crippen molar-refractivity contribution in [3.05, 3.63) is 28.2 Å². The molecular weight excluding hydrogens is 290 g/mol. The first-order chi connectivity index (χ1) is 8.52. The smallest absolute Gasteiger partial charge is 0.122 e. The van der Waals surface area contributed by atoms with Crippen molar-refractivity contribution in [2.45, 2.75) is 52.7 Å². The van der Waals surface area contributed by atoms with Gasteiger partial charge in [-0.05, 0) is 37.1 Å². The lowest BCUT2D eigenvalue weighted by Crippen LogP contribution is -2.35. The minimum atomic E-state index is 0.247. The van der Waals surface area contributed by atoms with E-state index >= 15 is 0 Å². The van der Waals surface area contributed by atoms with Crippen LogP contribution in [0.5, 0.6) is 5.75 Å². The summed E-state index contributed by atoms with van der Waals surface area (Å²) >= 11 is 3.48. The molecule has 2 nitrogen and oxygen atoms in total. The van der Waals surface area contributed by atoms with Gasteiger partial charge in [0, 0.05) is 17.1 Å². The highest BCUT2D eigenvalue weighted by Gasteiger charge is 2.11. The molecule has 0 aliphatic rings. The quantitative estimate of drug-likeness (QED) is 0.810. The van der Waals surface area contributed by atoms with Crippen LogP contribution in [0, 0.1) is 6.92 Å². The number of hydrogen-bond acceptors (Lipinski definition) is 2. The number of hydrogen-bond donors (Lipinski definition) is 1. The predicted octanol–water partition coefficient (Wildman–Crippen LogP) is 4.30. The molecule has 1 aromatic carbocycles. The lowest BCUT2D eigenvalue weighted by molar-refractivity contribution is 0.182. The summed E-state index contributed by atoms with van der Waals surface area (Å²) in [6, 6.07) is 6.66. The number of nitrogens with one attached hydrogen (secondary N) is 1. The van der Waals surface area contributed by atoms with Gasteiger partial charge in [0.15, 0.2) is 0 Å². The average molecular weight is 314 g/mol. The zero-order valence-electron chi connectivity index (χ0n) is 11.8. The number of aryl methyl sites for hydroxylation is 1. The second kappa shape index (κ2) is 7.80. The first-order valence-electron chi connectivity index (χ1n) is 6.69. The van der Waals surface area contributed by atoms with Crippen LogP contribution in [0.4, 0.5) is 0 Å². The van der Waals surface area contributed by atoms with Gasteiger partial charge < -0.3 is 10.1 Å². The van der Waals surface area contributed by atoms with E-state index in [2.05, 4.69) is 55.0 Å². The molecule has 0 heterocycles. The van der Waals surface area contributed by atoms with Gasteiger partial charge in [-0.15, -0.1) is 0 Å². The van der Waals surface area contributed by atoms with E-state index in [9.17, 15) is 0 Å². The van der Waals surface area contributed by atoms with E-state index in [4.69, 9.17) is 4.74 Å². The lowest BCUT2D eigenvalue weighted by atomic mass is 10.2. The summed E-state index contributed by atoms with van der Waals surface area (Å²) in [5.74, 6) is 0.988. The molecule has 1 unspecified atom stereocenters. The van der Waals surface area contributed by atoms with Gasteiger partial charge in [-0.1, -0.05) is 43.1 Å². The molecule has 3 heteroatoms. The van der Waals surface area contributed by atoms with Crippen molar-refractivity contribution in [1.29, 1.82) is 0 Å². The third-order valence-electron chi connectivity index (χ3n) is 2.80. The monoisotopic (exact) mass is 313 g/mol. The molecule has 0 aromatic heterocycles. The van der Waals surface area contributed by atoms with Crippen LogP contribution in [-0.4, -0.2) is 18.7 Å². The zero-order valence-corrected chi connectivity index (χ0v) is 13.4. The van der Waals surface area contributed by atoms with E-state index in [0.29, 0.717) is 6.04 Å². The molecule has 0 saturated carbocycles. The van der Waals surface area contributed by atoms with Gasteiger partial charge in [0.1, 0.15) is 11.9 Å². The number of rotatable bonds is 7. The molecule has 1 rings (SSSR count). The van der Waals surface area contributed by atoms with Crippen LogP contribution in [0.15, 0.2) is 22.7 Å². The van der Waals surface area contributed by atoms with Crippen LogP contribution in [0.1, 0.15) is 39.2 Å². The molecule has 0 aliphatic carbocycles. The van der Waals surface area contributed by atoms with Crippen LogP contribution in [0.25, 0.3) is 0 Å². The molecule has 1 N–H and O–H groups in total. The Morgan fingerprint density at radius 1 is 1.33 bits per heavy atom. The Morgan fingerprint density at radius 3 is 2.61 bits per heavy atom. The molecular formula is C15H24BrNO. The summed E-state index contributed by atoms with van der Waals surface area (Å²) in [4.78, 5) is 0. The van der Waals surface area contributed by atoms with Gasteiger partial charge in [-0.25, -0.2) is 0 Å². The maximum absolute atomic E-state index is 6.11. The van der Waals surface area contributed by atoms with E-state index in [0.717, 1.165) is 29.6 Å². The molecule has 0 spiro atoms. The summed E-state index contributed by atoms with van der Waals surface area (Å²) in [5.41, 5.74) is 1.18. The summed E-state index contributed by atoms with van der Waals surface area (Å²) in [5, 5.41) is 3.45. The van der Waals surface area contributed by atoms with Gasteiger partial charge >= 0.3 is 0 Å². The normalized spacial score (nSPS) is 12.8. The Bertz CT molecular complexity index is 366. The SMILES string of the molecule is CCCC(CNC(C)C)Oc1ccc(Br)cc1C. The lowest BCUT2D eigenvalue weighted by Gasteiger charge is -2.21. The molecule has 0 aliphatic heterocycles. The maximum Gasteiger partial charge on any atom is 0.122 e. The fourth-order valence-corrected chi connectivity index (χ4v) is 2.29. The van der Waals surface area contributed by atoms with Crippen LogP contribution < -0.4 is 10.1 Å². The van der Waals surface area contributed by atoms with Gasteiger partial charge in [0.05, 0.1) is 0 Å². The Kier molecular flexibility index (Phi) is 6.72. The minimum absolute atomic E-state index is 0.247. The number of ether oxygens (including phenoxy) is 1. The zero-order chi connectivity index (χ0) is 13.5. The van der Waals surface area contributed by atoms with E-state index < -0.39 is 0 Å². The third-order valence-corrected chi connectivity index (χ3v) is 3.29. The summed E-state index contributed by atoms with van der Waals surface area (Å²) in [6.07, 6.45) is 2.46. The van der Waals surface area contributed by atoms with E-state index in [1.165, 1.54) is 5.56 Å². The molecule has 0 fully saturated rings. The van der Waals surface area contributed by atoms with Crippen molar-refractivity contribution in [2.75, 3.05) is 6.54 Å². The van der Waals surface area contributed by atoms with Crippen molar-refractivity contribution >= 4 is 15.9 Å². The maximum atomic E-state index is 6.11. The number of benzene rings is 1. The van der Waals surface area contributed by atoms with E-state index in [-0.39, 0.29) is 6.10 Å². The Balaban J connectivity index is 2.64. The standard InChI is InChI=1S/C15H24BrNO/c1-5-6-14(10-17-11(2)3)18-15-8-7-13(16)9-12(15)4/h7-9,11,14,17H,5-6,10H2,1-4H3. The Hall–Kier alpha value is -0.540. The minimum Gasteiger partial charge on any atom is -0.489 e. The van der Waals surface area contributed by atoms with E-state index in [1.807, 2.05) is 12.1 Å². The average Bonchev–Trinajstić information content (AvgIpc) is 2.29. The van der Waals surface area contributed by atoms with E-state index in [1.54, 1.807) is 0 Å². The Morgan fingerprint density at radius 2 is 2.06 bits per heavy atom. The molecule has 0 amide bonds. The highest BCUT2D eigenvalue weighted by Crippen LogP contribution is 2.23. The molecule has 102 valence electrons. The molecule has 1 aromatic rings. The van der Waals surface area contributed by atoms with Crippen molar-refractivity contribution in [3.8, 4) is 5.75 Å². The fourth-order valence-electron chi connectivity index (χ4n) is 1.82. The largest absolute Gasteiger partial charge is 0.489 e. The van der Waals surface area contributed by atoms with Crippen molar-refractivity contribution in [2.24, 2.45) is 0 Å². The van der Waals surface area contributed by atoms with Crippen molar-refractivity contribution < 1.29 is 4.74 Å². The molecule has 0 bridgehead atoms. The summed E-state index contributed by atoms with van der Waals surface area (Å²) in [7, 11) is 0. The molecule has 18 heavy (non-hydrogen) atoms. The fraction of sp³-hybridized carbons (Fsp3) is 0.600. The predicted molar refractivity (Wildman–Crippen MR) is 81.3 cm³/mol.